The third-order valence-corrected chi connectivity index (χ3v) is 3.10. The first kappa shape index (κ1) is 17.1. The summed E-state index contributed by atoms with van der Waals surface area (Å²) in [7, 11) is 1.82. The standard InChI is InChI=1S/C12H17NO.2C2H6/c1-14-12(7-9-13-10-8-12)11-5-3-2-4-6-11;2*1-2/h2-6,13H,7-10H2,1H3;2*1-2H3. The maximum atomic E-state index is 5.72. The highest BCUT2D eigenvalue weighted by molar-refractivity contribution is 5.23. The van der Waals surface area contributed by atoms with Crippen LogP contribution >= 0.6 is 0 Å². The molecule has 1 aliphatic heterocycles. The van der Waals surface area contributed by atoms with Crippen molar-refractivity contribution in [3.8, 4) is 0 Å². The Labute approximate surface area is 113 Å². The maximum absolute atomic E-state index is 5.72. The van der Waals surface area contributed by atoms with Crippen LogP contribution in [0.15, 0.2) is 30.3 Å². The molecule has 1 heterocycles. The predicted molar refractivity (Wildman–Crippen MR) is 79.9 cm³/mol. The number of piperidine rings is 1. The molecule has 0 bridgehead atoms. The Bertz CT molecular complexity index is 278. The highest BCUT2D eigenvalue weighted by atomic mass is 16.5. The van der Waals surface area contributed by atoms with Gasteiger partial charge in [-0.1, -0.05) is 58.0 Å². The summed E-state index contributed by atoms with van der Waals surface area (Å²) in [5.74, 6) is 0. The van der Waals surface area contributed by atoms with Crippen LogP contribution in [0.5, 0.6) is 0 Å². The molecule has 0 radical (unpaired) electrons. The minimum absolute atomic E-state index is 0.0491. The smallest absolute Gasteiger partial charge is 0.0951 e. The minimum atomic E-state index is -0.0491. The van der Waals surface area contributed by atoms with E-state index in [0.717, 1.165) is 25.9 Å². The van der Waals surface area contributed by atoms with Gasteiger partial charge in [-0.3, -0.25) is 0 Å². The zero-order chi connectivity index (χ0) is 13.9. The van der Waals surface area contributed by atoms with Gasteiger partial charge in [-0.15, -0.1) is 0 Å². The molecule has 0 unspecified atom stereocenters. The summed E-state index contributed by atoms with van der Waals surface area (Å²) in [4.78, 5) is 0. The van der Waals surface area contributed by atoms with Crippen LogP contribution in [0.25, 0.3) is 0 Å². The van der Waals surface area contributed by atoms with Crippen LogP contribution in [0, 0.1) is 0 Å². The van der Waals surface area contributed by atoms with E-state index in [1.54, 1.807) is 0 Å². The SMILES string of the molecule is CC.CC.COC1(c2ccccc2)CCNCC1. The van der Waals surface area contributed by atoms with Crippen LogP contribution < -0.4 is 5.32 Å². The molecule has 1 aromatic rings. The summed E-state index contributed by atoms with van der Waals surface area (Å²) in [5.41, 5.74) is 1.26. The number of benzene rings is 1. The number of ether oxygens (including phenoxy) is 1. The van der Waals surface area contributed by atoms with Gasteiger partial charge in [-0.2, -0.15) is 0 Å². The fourth-order valence-corrected chi connectivity index (χ4v) is 2.18. The number of hydrogen-bond donors (Lipinski definition) is 1. The van der Waals surface area contributed by atoms with Gasteiger partial charge in [0, 0.05) is 7.11 Å². The molecule has 18 heavy (non-hydrogen) atoms. The Morgan fingerprint density at radius 3 is 1.89 bits per heavy atom. The molecular weight excluding hydrogens is 222 g/mol. The van der Waals surface area contributed by atoms with Crippen LogP contribution in [0.4, 0.5) is 0 Å². The zero-order valence-corrected chi connectivity index (χ0v) is 12.6. The molecule has 104 valence electrons. The molecule has 1 fully saturated rings. The first-order valence-corrected chi connectivity index (χ1v) is 7.19. The lowest BCUT2D eigenvalue weighted by atomic mass is 9.85. The first-order chi connectivity index (χ1) is 8.87. The van der Waals surface area contributed by atoms with E-state index in [0.29, 0.717) is 0 Å². The lowest BCUT2D eigenvalue weighted by Crippen LogP contribution is -2.41. The van der Waals surface area contributed by atoms with Crippen LogP contribution in [0.2, 0.25) is 0 Å². The average molecular weight is 251 g/mol. The van der Waals surface area contributed by atoms with Crippen molar-refractivity contribution in [2.75, 3.05) is 20.2 Å². The fourth-order valence-electron chi connectivity index (χ4n) is 2.18. The van der Waals surface area contributed by atoms with Gasteiger partial charge in [0.25, 0.3) is 0 Å². The quantitative estimate of drug-likeness (QED) is 0.859. The monoisotopic (exact) mass is 251 g/mol. The molecule has 0 aliphatic carbocycles. The fraction of sp³-hybridized carbons (Fsp3) is 0.625. The van der Waals surface area contributed by atoms with Crippen molar-refractivity contribution in [1.29, 1.82) is 0 Å². The molecule has 1 aromatic carbocycles. The second-order valence-corrected chi connectivity index (χ2v) is 3.81. The molecule has 2 rings (SSSR count). The van der Waals surface area contributed by atoms with Crippen molar-refractivity contribution in [2.45, 2.75) is 46.1 Å². The molecular formula is C16H29NO. The Balaban J connectivity index is 0.000000659. The summed E-state index contributed by atoms with van der Waals surface area (Å²) < 4.78 is 5.72. The molecule has 2 nitrogen and oxygen atoms in total. The summed E-state index contributed by atoms with van der Waals surface area (Å²) in [6, 6.07) is 10.5. The second kappa shape index (κ2) is 10.1. The summed E-state index contributed by atoms with van der Waals surface area (Å²) >= 11 is 0. The molecule has 0 aromatic heterocycles. The topological polar surface area (TPSA) is 21.3 Å². The van der Waals surface area contributed by atoms with E-state index < -0.39 is 0 Å². The van der Waals surface area contributed by atoms with Crippen molar-refractivity contribution < 1.29 is 4.74 Å². The molecule has 2 heteroatoms. The average Bonchev–Trinajstić information content (AvgIpc) is 2.53. The largest absolute Gasteiger partial charge is 0.373 e. The zero-order valence-electron chi connectivity index (χ0n) is 12.6. The van der Waals surface area contributed by atoms with Gasteiger partial charge in [-0.05, 0) is 31.5 Å². The van der Waals surface area contributed by atoms with Crippen LogP contribution in [0.1, 0.15) is 46.1 Å². The van der Waals surface area contributed by atoms with E-state index in [1.807, 2.05) is 40.9 Å². The highest BCUT2D eigenvalue weighted by Gasteiger charge is 2.33. The van der Waals surface area contributed by atoms with E-state index in [2.05, 4.69) is 29.6 Å². The summed E-state index contributed by atoms with van der Waals surface area (Å²) in [6.45, 7) is 10.1. The molecule has 0 saturated carbocycles. The predicted octanol–water partition coefficient (Wildman–Crippen LogP) is 3.96. The van der Waals surface area contributed by atoms with Crippen molar-refractivity contribution >= 4 is 0 Å². The summed E-state index contributed by atoms with van der Waals surface area (Å²) in [6.07, 6.45) is 2.13. The van der Waals surface area contributed by atoms with E-state index in [-0.39, 0.29) is 5.60 Å². The van der Waals surface area contributed by atoms with Crippen molar-refractivity contribution in [3.63, 3.8) is 0 Å². The van der Waals surface area contributed by atoms with Crippen LogP contribution in [0.3, 0.4) is 0 Å². The Morgan fingerprint density at radius 2 is 1.44 bits per heavy atom. The number of rotatable bonds is 2. The number of nitrogens with one attached hydrogen (secondary N) is 1. The van der Waals surface area contributed by atoms with Crippen molar-refractivity contribution in [3.05, 3.63) is 35.9 Å². The lowest BCUT2D eigenvalue weighted by molar-refractivity contribution is -0.0391. The van der Waals surface area contributed by atoms with E-state index in [1.165, 1.54) is 5.56 Å². The number of hydrogen-bond acceptors (Lipinski definition) is 2. The molecule has 1 aliphatic rings. The van der Waals surface area contributed by atoms with Crippen molar-refractivity contribution in [2.24, 2.45) is 0 Å². The van der Waals surface area contributed by atoms with Crippen LogP contribution in [-0.2, 0) is 10.3 Å². The van der Waals surface area contributed by atoms with Gasteiger partial charge < -0.3 is 10.1 Å². The molecule has 0 atom stereocenters. The first-order valence-electron chi connectivity index (χ1n) is 7.19. The lowest BCUT2D eigenvalue weighted by Gasteiger charge is -2.36. The van der Waals surface area contributed by atoms with Gasteiger partial charge in [0.2, 0.25) is 0 Å². The van der Waals surface area contributed by atoms with E-state index in [4.69, 9.17) is 4.74 Å². The maximum Gasteiger partial charge on any atom is 0.0951 e. The summed E-state index contributed by atoms with van der Waals surface area (Å²) in [5, 5.41) is 3.36. The van der Waals surface area contributed by atoms with Gasteiger partial charge in [0.15, 0.2) is 0 Å². The number of methoxy groups -OCH3 is 1. The van der Waals surface area contributed by atoms with E-state index >= 15 is 0 Å². The van der Waals surface area contributed by atoms with Crippen molar-refractivity contribution in [1.82, 2.24) is 5.32 Å². The third kappa shape index (κ3) is 4.43. The molecule has 0 amide bonds. The van der Waals surface area contributed by atoms with Gasteiger partial charge in [0.1, 0.15) is 0 Å². The third-order valence-electron chi connectivity index (χ3n) is 3.10. The Kier molecular flexibility index (Phi) is 9.62. The molecule has 1 saturated heterocycles. The molecule has 0 spiro atoms. The normalized spacial score (nSPS) is 16.7. The van der Waals surface area contributed by atoms with E-state index in [9.17, 15) is 0 Å². The van der Waals surface area contributed by atoms with Gasteiger partial charge in [0.05, 0.1) is 5.60 Å². The second-order valence-electron chi connectivity index (χ2n) is 3.81. The highest BCUT2D eigenvalue weighted by Crippen LogP contribution is 2.33. The molecule has 1 N–H and O–H groups in total. The van der Waals surface area contributed by atoms with Crippen LogP contribution in [-0.4, -0.2) is 20.2 Å². The van der Waals surface area contributed by atoms with Gasteiger partial charge >= 0.3 is 0 Å². The van der Waals surface area contributed by atoms with Gasteiger partial charge in [-0.25, -0.2) is 0 Å². The Morgan fingerprint density at radius 1 is 0.944 bits per heavy atom. The Hall–Kier alpha value is -0.860. The minimum Gasteiger partial charge on any atom is -0.373 e.